The Kier molecular flexibility index (Phi) is 4.18. The number of rotatable bonds is 3. The lowest BCUT2D eigenvalue weighted by Crippen LogP contribution is -1.97. The summed E-state index contributed by atoms with van der Waals surface area (Å²) in [6.07, 6.45) is 2.75. The van der Waals surface area contributed by atoms with Crippen LogP contribution in [0.4, 0.5) is 11.5 Å². The van der Waals surface area contributed by atoms with Gasteiger partial charge in [0.25, 0.3) is 0 Å². The fraction of sp³-hybridized carbons (Fsp3) is 0.154. The summed E-state index contributed by atoms with van der Waals surface area (Å²) in [5, 5.41) is 3.34. The van der Waals surface area contributed by atoms with E-state index in [2.05, 4.69) is 61.2 Å². The standard InChI is InChI=1S/C13H12Br2N2/c1-2-9-8-10(14)5-6-12(9)17-13-11(15)4-3-7-16-13/h3-8H,2H2,1H3,(H,16,17). The molecule has 17 heavy (non-hydrogen) atoms. The lowest BCUT2D eigenvalue weighted by atomic mass is 10.1. The first-order chi connectivity index (χ1) is 8.20. The third-order valence-electron chi connectivity index (χ3n) is 2.46. The van der Waals surface area contributed by atoms with Crippen molar-refractivity contribution >= 4 is 43.4 Å². The average molecular weight is 356 g/mol. The van der Waals surface area contributed by atoms with Gasteiger partial charge in [0, 0.05) is 16.4 Å². The van der Waals surface area contributed by atoms with Gasteiger partial charge in [-0.1, -0.05) is 22.9 Å². The van der Waals surface area contributed by atoms with E-state index >= 15 is 0 Å². The number of aromatic nitrogens is 1. The van der Waals surface area contributed by atoms with Gasteiger partial charge in [-0.3, -0.25) is 0 Å². The molecule has 1 N–H and O–H groups in total. The van der Waals surface area contributed by atoms with Crippen molar-refractivity contribution in [2.75, 3.05) is 5.32 Å². The van der Waals surface area contributed by atoms with E-state index in [0.717, 1.165) is 26.9 Å². The molecular weight excluding hydrogens is 344 g/mol. The summed E-state index contributed by atoms with van der Waals surface area (Å²) in [5.74, 6) is 0.838. The molecule has 0 bridgehead atoms. The maximum Gasteiger partial charge on any atom is 0.144 e. The largest absolute Gasteiger partial charge is 0.339 e. The summed E-state index contributed by atoms with van der Waals surface area (Å²) in [5.41, 5.74) is 2.35. The number of benzene rings is 1. The predicted octanol–water partition coefficient (Wildman–Crippen LogP) is 4.91. The Morgan fingerprint density at radius 3 is 2.76 bits per heavy atom. The predicted molar refractivity (Wildman–Crippen MR) is 78.7 cm³/mol. The van der Waals surface area contributed by atoms with Crippen molar-refractivity contribution in [3.63, 3.8) is 0 Å². The molecule has 0 unspecified atom stereocenters. The highest BCUT2D eigenvalue weighted by molar-refractivity contribution is 9.10. The van der Waals surface area contributed by atoms with Crippen LogP contribution in [-0.2, 0) is 6.42 Å². The zero-order valence-electron chi connectivity index (χ0n) is 9.37. The van der Waals surface area contributed by atoms with Crippen LogP contribution in [0.15, 0.2) is 45.5 Å². The molecule has 0 aliphatic carbocycles. The second kappa shape index (κ2) is 5.65. The second-order valence-corrected chi connectivity index (χ2v) is 5.38. The number of hydrogen-bond acceptors (Lipinski definition) is 2. The van der Waals surface area contributed by atoms with Crippen molar-refractivity contribution in [1.29, 1.82) is 0 Å². The Bertz CT molecular complexity index is 527. The topological polar surface area (TPSA) is 24.9 Å². The molecule has 0 saturated carbocycles. The number of aryl methyl sites for hydroxylation is 1. The lowest BCUT2D eigenvalue weighted by Gasteiger charge is -2.11. The van der Waals surface area contributed by atoms with Gasteiger partial charge in [-0.05, 0) is 58.2 Å². The SMILES string of the molecule is CCc1cc(Br)ccc1Nc1ncccc1Br. The molecule has 2 rings (SSSR count). The van der Waals surface area contributed by atoms with Crippen LogP contribution < -0.4 is 5.32 Å². The zero-order valence-corrected chi connectivity index (χ0v) is 12.5. The summed E-state index contributed by atoms with van der Waals surface area (Å²) in [4.78, 5) is 4.30. The molecule has 1 heterocycles. The number of halogens is 2. The van der Waals surface area contributed by atoms with E-state index in [4.69, 9.17) is 0 Å². The molecule has 0 atom stereocenters. The Morgan fingerprint density at radius 1 is 1.24 bits per heavy atom. The van der Waals surface area contributed by atoms with Crippen LogP contribution in [0.2, 0.25) is 0 Å². The lowest BCUT2D eigenvalue weighted by molar-refractivity contribution is 1.13. The first kappa shape index (κ1) is 12.6. The van der Waals surface area contributed by atoms with Crippen molar-refractivity contribution in [2.45, 2.75) is 13.3 Å². The highest BCUT2D eigenvalue weighted by Crippen LogP contribution is 2.27. The molecule has 0 radical (unpaired) electrons. The van der Waals surface area contributed by atoms with Crippen molar-refractivity contribution < 1.29 is 0 Å². The Hall–Kier alpha value is -0.870. The fourth-order valence-corrected chi connectivity index (χ4v) is 2.34. The molecule has 4 heteroatoms. The van der Waals surface area contributed by atoms with E-state index in [1.807, 2.05) is 18.2 Å². The molecule has 1 aromatic carbocycles. The highest BCUT2D eigenvalue weighted by Gasteiger charge is 2.05. The molecule has 1 aromatic heterocycles. The molecule has 0 aliphatic heterocycles. The van der Waals surface area contributed by atoms with Gasteiger partial charge < -0.3 is 5.32 Å². The molecule has 0 amide bonds. The summed E-state index contributed by atoms with van der Waals surface area (Å²) < 4.78 is 2.06. The molecule has 0 saturated heterocycles. The zero-order chi connectivity index (χ0) is 12.3. The first-order valence-corrected chi connectivity index (χ1v) is 6.95. The maximum atomic E-state index is 4.30. The molecule has 88 valence electrons. The maximum absolute atomic E-state index is 4.30. The Labute approximate surface area is 118 Å². The average Bonchev–Trinajstić information content (AvgIpc) is 2.34. The minimum atomic E-state index is 0.838. The molecule has 0 aliphatic rings. The van der Waals surface area contributed by atoms with Crippen LogP contribution in [-0.4, -0.2) is 4.98 Å². The van der Waals surface area contributed by atoms with Gasteiger partial charge in [0.15, 0.2) is 0 Å². The van der Waals surface area contributed by atoms with Gasteiger partial charge in [-0.15, -0.1) is 0 Å². The molecule has 0 fully saturated rings. The van der Waals surface area contributed by atoms with Gasteiger partial charge >= 0.3 is 0 Å². The third kappa shape index (κ3) is 3.07. The van der Waals surface area contributed by atoms with E-state index in [1.54, 1.807) is 6.20 Å². The van der Waals surface area contributed by atoms with Gasteiger partial charge in [0.1, 0.15) is 5.82 Å². The van der Waals surface area contributed by atoms with Crippen molar-refractivity contribution in [1.82, 2.24) is 4.98 Å². The van der Waals surface area contributed by atoms with E-state index < -0.39 is 0 Å². The number of nitrogens with one attached hydrogen (secondary N) is 1. The number of nitrogens with zero attached hydrogens (tertiary/aromatic N) is 1. The quantitative estimate of drug-likeness (QED) is 0.845. The minimum Gasteiger partial charge on any atom is -0.339 e. The summed E-state index contributed by atoms with van der Waals surface area (Å²) in [6, 6.07) is 10.1. The molecule has 2 aromatic rings. The monoisotopic (exact) mass is 354 g/mol. The second-order valence-electron chi connectivity index (χ2n) is 3.61. The Morgan fingerprint density at radius 2 is 2.06 bits per heavy atom. The van der Waals surface area contributed by atoms with Gasteiger partial charge in [-0.2, -0.15) is 0 Å². The Balaban J connectivity index is 2.33. The summed E-state index contributed by atoms with van der Waals surface area (Å²) >= 11 is 6.96. The normalized spacial score (nSPS) is 10.3. The van der Waals surface area contributed by atoms with E-state index in [1.165, 1.54) is 5.56 Å². The van der Waals surface area contributed by atoms with Gasteiger partial charge in [-0.25, -0.2) is 4.98 Å². The van der Waals surface area contributed by atoms with E-state index in [0.29, 0.717) is 0 Å². The van der Waals surface area contributed by atoms with E-state index in [9.17, 15) is 0 Å². The van der Waals surface area contributed by atoms with Crippen LogP contribution >= 0.6 is 31.9 Å². The molecule has 2 nitrogen and oxygen atoms in total. The number of hydrogen-bond donors (Lipinski definition) is 1. The third-order valence-corrected chi connectivity index (χ3v) is 3.59. The summed E-state index contributed by atoms with van der Waals surface area (Å²) in [6.45, 7) is 2.14. The fourth-order valence-electron chi connectivity index (χ4n) is 1.58. The van der Waals surface area contributed by atoms with Crippen LogP contribution in [0.5, 0.6) is 0 Å². The van der Waals surface area contributed by atoms with Gasteiger partial charge in [0.2, 0.25) is 0 Å². The van der Waals surface area contributed by atoms with E-state index in [-0.39, 0.29) is 0 Å². The van der Waals surface area contributed by atoms with Crippen LogP contribution in [0.25, 0.3) is 0 Å². The molecular formula is C13H12Br2N2. The number of pyridine rings is 1. The van der Waals surface area contributed by atoms with Crippen LogP contribution in [0, 0.1) is 0 Å². The highest BCUT2D eigenvalue weighted by atomic mass is 79.9. The van der Waals surface area contributed by atoms with Gasteiger partial charge in [0.05, 0.1) is 4.47 Å². The van der Waals surface area contributed by atoms with Crippen molar-refractivity contribution in [3.8, 4) is 0 Å². The van der Waals surface area contributed by atoms with Crippen molar-refractivity contribution in [3.05, 3.63) is 51.0 Å². The summed E-state index contributed by atoms with van der Waals surface area (Å²) in [7, 11) is 0. The minimum absolute atomic E-state index is 0.838. The molecule has 0 spiro atoms. The first-order valence-electron chi connectivity index (χ1n) is 5.36. The van der Waals surface area contributed by atoms with Crippen molar-refractivity contribution in [2.24, 2.45) is 0 Å². The van der Waals surface area contributed by atoms with Crippen LogP contribution in [0.1, 0.15) is 12.5 Å². The van der Waals surface area contributed by atoms with Crippen LogP contribution in [0.3, 0.4) is 0 Å². The smallest absolute Gasteiger partial charge is 0.144 e. The number of anilines is 2.